The van der Waals surface area contributed by atoms with E-state index in [1.54, 1.807) is 6.07 Å². The van der Waals surface area contributed by atoms with Crippen molar-refractivity contribution >= 4 is 27.7 Å². The number of hydrogen-bond donors (Lipinski definition) is 3. The molecule has 10 nitrogen and oxygen atoms in total. The van der Waals surface area contributed by atoms with Crippen LogP contribution in [0.5, 0.6) is 5.75 Å². The molecule has 0 bridgehead atoms. The number of H-pyrrole nitrogens is 1. The highest BCUT2D eigenvalue weighted by molar-refractivity contribution is 7.90. The van der Waals surface area contributed by atoms with Crippen molar-refractivity contribution in [3.63, 3.8) is 0 Å². The molecule has 2 amide bonds. The molecule has 0 saturated heterocycles. The Morgan fingerprint density at radius 1 is 1.28 bits per heavy atom. The van der Waals surface area contributed by atoms with Gasteiger partial charge in [0.05, 0.1) is 24.8 Å². The average molecular weight is 533 g/mol. The van der Waals surface area contributed by atoms with Crippen molar-refractivity contribution < 1.29 is 41.0 Å². The average Bonchev–Trinajstić information content (AvgIpc) is 3.41. The summed E-state index contributed by atoms with van der Waals surface area (Å²) in [4.78, 5) is 24.9. The van der Waals surface area contributed by atoms with E-state index in [0.29, 0.717) is 30.7 Å². The SMILES string of the molecule is COc1ccc(S(C)(=O)=O)c(CC(=O)Nc2cc(C3CCC(N(CCC(F)(F)F)C(=O)O)C3)[nH]n2)c1. The van der Waals surface area contributed by atoms with E-state index in [4.69, 9.17) is 4.74 Å². The second-order valence-electron chi connectivity index (χ2n) is 8.68. The first-order chi connectivity index (χ1) is 16.8. The molecule has 198 valence electrons. The van der Waals surface area contributed by atoms with Gasteiger partial charge in [-0.05, 0) is 43.0 Å². The molecule has 1 aromatic heterocycles. The van der Waals surface area contributed by atoms with E-state index in [1.807, 2.05) is 0 Å². The Labute approximate surface area is 205 Å². The fourth-order valence-corrected chi connectivity index (χ4v) is 5.28. The molecular weight excluding hydrogens is 505 g/mol. The second-order valence-corrected chi connectivity index (χ2v) is 10.7. The van der Waals surface area contributed by atoms with E-state index in [0.717, 1.165) is 11.2 Å². The molecule has 2 unspecified atom stereocenters. The van der Waals surface area contributed by atoms with E-state index in [2.05, 4.69) is 15.5 Å². The van der Waals surface area contributed by atoms with Gasteiger partial charge in [-0.3, -0.25) is 9.89 Å². The number of benzene rings is 1. The number of ether oxygens (including phenoxy) is 1. The van der Waals surface area contributed by atoms with Gasteiger partial charge < -0.3 is 20.1 Å². The number of alkyl halides is 3. The highest BCUT2D eigenvalue weighted by Gasteiger charge is 2.36. The number of methoxy groups -OCH3 is 1. The van der Waals surface area contributed by atoms with Crippen molar-refractivity contribution in [2.75, 3.05) is 25.2 Å². The minimum atomic E-state index is -4.45. The topological polar surface area (TPSA) is 142 Å². The Kier molecular flexibility index (Phi) is 8.16. The third-order valence-electron chi connectivity index (χ3n) is 6.05. The number of aromatic nitrogens is 2. The predicted octanol–water partition coefficient (Wildman–Crippen LogP) is 3.57. The Morgan fingerprint density at radius 3 is 2.61 bits per heavy atom. The van der Waals surface area contributed by atoms with Crippen LogP contribution in [0.2, 0.25) is 0 Å². The highest BCUT2D eigenvalue weighted by Crippen LogP contribution is 2.37. The molecule has 3 rings (SSSR count). The van der Waals surface area contributed by atoms with Gasteiger partial charge in [-0.25, -0.2) is 13.2 Å². The molecule has 1 saturated carbocycles. The number of carbonyl (C=O) groups is 2. The molecule has 14 heteroatoms. The van der Waals surface area contributed by atoms with Crippen molar-refractivity contribution in [2.45, 2.75) is 55.1 Å². The molecule has 3 N–H and O–H groups in total. The Morgan fingerprint density at radius 2 is 2.00 bits per heavy atom. The number of sulfone groups is 1. The number of halogens is 3. The number of nitrogens with one attached hydrogen (secondary N) is 2. The molecule has 2 atom stereocenters. The zero-order valence-electron chi connectivity index (χ0n) is 19.6. The predicted molar refractivity (Wildman–Crippen MR) is 123 cm³/mol. The summed E-state index contributed by atoms with van der Waals surface area (Å²) in [6.07, 6.45) is -5.00. The first-order valence-electron chi connectivity index (χ1n) is 11.0. The van der Waals surface area contributed by atoms with Crippen LogP contribution in [0.25, 0.3) is 0 Å². The third kappa shape index (κ3) is 7.12. The molecule has 1 fully saturated rings. The smallest absolute Gasteiger partial charge is 0.407 e. The van der Waals surface area contributed by atoms with Crippen molar-refractivity contribution in [2.24, 2.45) is 0 Å². The van der Waals surface area contributed by atoms with Crippen LogP contribution in [-0.4, -0.2) is 72.8 Å². The lowest BCUT2D eigenvalue weighted by molar-refractivity contribution is -0.137. The van der Waals surface area contributed by atoms with E-state index < -0.39 is 47.0 Å². The lowest BCUT2D eigenvalue weighted by Gasteiger charge is -2.26. The summed E-state index contributed by atoms with van der Waals surface area (Å²) in [5.74, 6) is -0.0982. The molecule has 2 aromatic rings. The van der Waals surface area contributed by atoms with Gasteiger partial charge in [0.15, 0.2) is 15.7 Å². The zero-order valence-corrected chi connectivity index (χ0v) is 20.4. The molecular formula is C22H27F3N4O6S. The lowest BCUT2D eigenvalue weighted by atomic mass is 10.0. The second kappa shape index (κ2) is 10.8. The number of carbonyl (C=O) groups excluding carboxylic acids is 1. The number of aromatic amines is 1. The monoisotopic (exact) mass is 532 g/mol. The molecule has 0 radical (unpaired) electrons. The maximum Gasteiger partial charge on any atom is 0.407 e. The van der Waals surface area contributed by atoms with Crippen molar-refractivity contribution in [3.05, 3.63) is 35.5 Å². The van der Waals surface area contributed by atoms with Crippen LogP contribution >= 0.6 is 0 Å². The number of nitrogens with zero attached hydrogens (tertiary/aromatic N) is 2. The van der Waals surface area contributed by atoms with Gasteiger partial charge in [0.1, 0.15) is 5.75 Å². The Hall–Kier alpha value is -3.29. The van der Waals surface area contributed by atoms with Crippen molar-refractivity contribution in [1.29, 1.82) is 0 Å². The standard InChI is InChI=1S/C22H27F3N4O6S/c1-35-16-5-6-18(36(2,33)34)14(10-16)11-20(30)26-19-12-17(27-28-19)13-3-4-15(9-13)29(21(31)32)8-7-22(23,24)25/h5-6,10,12-13,15H,3-4,7-9,11H2,1-2H3,(H,31,32)(H2,26,27,28,30). The van der Waals surface area contributed by atoms with Gasteiger partial charge in [-0.1, -0.05) is 0 Å². The maximum absolute atomic E-state index is 12.6. The number of amides is 2. The van der Waals surface area contributed by atoms with Crippen LogP contribution in [0.4, 0.5) is 23.8 Å². The van der Waals surface area contributed by atoms with Gasteiger partial charge in [0.25, 0.3) is 0 Å². The Balaban J connectivity index is 1.64. The number of rotatable bonds is 9. The molecule has 1 aliphatic rings. The lowest BCUT2D eigenvalue weighted by Crippen LogP contribution is -2.40. The molecule has 1 aliphatic carbocycles. The minimum Gasteiger partial charge on any atom is -0.497 e. The molecule has 1 aromatic carbocycles. The third-order valence-corrected chi connectivity index (χ3v) is 7.25. The summed E-state index contributed by atoms with van der Waals surface area (Å²) in [6.45, 7) is -0.625. The van der Waals surface area contributed by atoms with Gasteiger partial charge >= 0.3 is 12.3 Å². The van der Waals surface area contributed by atoms with E-state index in [9.17, 15) is 36.3 Å². The van der Waals surface area contributed by atoms with Crippen LogP contribution < -0.4 is 10.1 Å². The van der Waals surface area contributed by atoms with Gasteiger partial charge in [-0.2, -0.15) is 18.3 Å². The minimum absolute atomic E-state index is 0.00618. The first kappa shape index (κ1) is 27.3. The number of hydrogen-bond acceptors (Lipinski definition) is 6. The number of carboxylic acid groups (broad SMARTS) is 1. The quantitative estimate of drug-likeness (QED) is 0.448. The van der Waals surface area contributed by atoms with Crippen LogP contribution in [0.3, 0.4) is 0 Å². The summed E-state index contributed by atoms with van der Waals surface area (Å²) in [5, 5.41) is 18.8. The summed E-state index contributed by atoms with van der Waals surface area (Å²) >= 11 is 0. The normalized spacial score (nSPS) is 18.1. The fraction of sp³-hybridized carbons (Fsp3) is 0.500. The molecule has 0 spiro atoms. The summed E-state index contributed by atoms with van der Waals surface area (Å²) in [7, 11) is -2.16. The summed E-state index contributed by atoms with van der Waals surface area (Å²) in [6, 6.07) is 5.35. The maximum atomic E-state index is 12.6. The molecule has 0 aliphatic heterocycles. The van der Waals surface area contributed by atoms with Gasteiger partial charge in [-0.15, -0.1) is 0 Å². The number of anilines is 1. The van der Waals surface area contributed by atoms with Crippen LogP contribution in [0.1, 0.15) is 42.9 Å². The highest BCUT2D eigenvalue weighted by atomic mass is 32.2. The van der Waals surface area contributed by atoms with Crippen LogP contribution in [-0.2, 0) is 21.1 Å². The van der Waals surface area contributed by atoms with E-state index >= 15 is 0 Å². The van der Waals surface area contributed by atoms with Crippen LogP contribution in [0.15, 0.2) is 29.2 Å². The van der Waals surface area contributed by atoms with Crippen molar-refractivity contribution in [1.82, 2.24) is 15.1 Å². The van der Waals surface area contributed by atoms with E-state index in [-0.39, 0.29) is 28.6 Å². The van der Waals surface area contributed by atoms with Crippen molar-refractivity contribution in [3.8, 4) is 5.75 Å². The Bertz CT molecular complexity index is 1210. The van der Waals surface area contributed by atoms with Gasteiger partial charge in [0, 0.05) is 36.5 Å². The summed E-state index contributed by atoms with van der Waals surface area (Å²) in [5.41, 5.74) is 0.878. The van der Waals surface area contributed by atoms with Gasteiger partial charge in [0.2, 0.25) is 5.91 Å². The fourth-order valence-electron chi connectivity index (χ4n) is 4.36. The summed E-state index contributed by atoms with van der Waals surface area (Å²) < 4.78 is 66.9. The zero-order chi connectivity index (χ0) is 26.7. The molecule has 36 heavy (non-hydrogen) atoms. The first-order valence-corrected chi connectivity index (χ1v) is 12.9. The van der Waals surface area contributed by atoms with Crippen LogP contribution in [0, 0.1) is 0 Å². The van der Waals surface area contributed by atoms with E-state index in [1.165, 1.54) is 25.3 Å². The largest absolute Gasteiger partial charge is 0.497 e. The molecule has 1 heterocycles.